The SMILES string of the molecule is CCCC(C)(C)CCCc1cc2c(=O)[nH]ccc2cc1N. The number of hydrogen-bond acceptors (Lipinski definition) is 2. The van der Waals surface area contributed by atoms with Gasteiger partial charge in [-0.2, -0.15) is 0 Å². The number of aromatic nitrogens is 1. The Morgan fingerprint density at radius 2 is 2.00 bits per heavy atom. The van der Waals surface area contributed by atoms with E-state index in [1.165, 1.54) is 19.3 Å². The van der Waals surface area contributed by atoms with E-state index in [1.54, 1.807) is 6.20 Å². The van der Waals surface area contributed by atoms with Gasteiger partial charge >= 0.3 is 0 Å². The first kappa shape index (κ1) is 15.6. The molecule has 2 rings (SSSR count). The summed E-state index contributed by atoms with van der Waals surface area (Å²) in [6.07, 6.45) is 7.36. The Morgan fingerprint density at radius 3 is 2.71 bits per heavy atom. The summed E-state index contributed by atoms with van der Waals surface area (Å²) >= 11 is 0. The lowest BCUT2D eigenvalue weighted by molar-refractivity contribution is 0.296. The largest absolute Gasteiger partial charge is 0.398 e. The molecule has 0 aliphatic rings. The fraction of sp³-hybridized carbons (Fsp3) is 0.500. The number of aromatic amines is 1. The van der Waals surface area contributed by atoms with Crippen LogP contribution in [0, 0.1) is 5.41 Å². The molecule has 0 unspecified atom stereocenters. The number of nitrogens with one attached hydrogen (secondary N) is 1. The van der Waals surface area contributed by atoms with Crippen molar-refractivity contribution in [3.8, 4) is 0 Å². The van der Waals surface area contributed by atoms with E-state index in [0.717, 1.165) is 34.9 Å². The van der Waals surface area contributed by atoms with Crippen LogP contribution in [0.2, 0.25) is 0 Å². The smallest absolute Gasteiger partial charge is 0.255 e. The summed E-state index contributed by atoms with van der Waals surface area (Å²) in [5, 5.41) is 1.64. The number of hydrogen-bond donors (Lipinski definition) is 2. The van der Waals surface area contributed by atoms with Gasteiger partial charge in [0.05, 0.1) is 0 Å². The second-order valence-electron chi connectivity index (χ2n) is 6.71. The highest BCUT2D eigenvalue weighted by atomic mass is 16.1. The number of nitrogen functional groups attached to an aromatic ring is 1. The molecule has 1 aromatic carbocycles. The number of pyridine rings is 1. The minimum atomic E-state index is -0.0416. The van der Waals surface area contributed by atoms with Crippen LogP contribution in [0.4, 0.5) is 5.69 Å². The summed E-state index contributed by atoms with van der Waals surface area (Å²) in [5.74, 6) is 0. The van der Waals surface area contributed by atoms with E-state index in [4.69, 9.17) is 5.73 Å². The van der Waals surface area contributed by atoms with Gasteiger partial charge in [0.1, 0.15) is 0 Å². The van der Waals surface area contributed by atoms with Crippen LogP contribution >= 0.6 is 0 Å². The highest BCUT2D eigenvalue weighted by Crippen LogP contribution is 2.30. The van der Waals surface area contributed by atoms with Crippen molar-refractivity contribution >= 4 is 16.5 Å². The van der Waals surface area contributed by atoms with E-state index < -0.39 is 0 Å². The quantitative estimate of drug-likeness (QED) is 0.779. The van der Waals surface area contributed by atoms with Crippen LogP contribution in [0.25, 0.3) is 10.8 Å². The fourth-order valence-corrected chi connectivity index (χ4v) is 3.07. The standard InChI is InChI=1S/C18H26N2O/c1-4-8-18(2,3)9-5-6-14-11-15-13(12-16(14)19)7-10-20-17(15)21/h7,10-12H,4-6,8-9,19H2,1-3H3,(H,20,21). The molecule has 0 amide bonds. The first-order valence-corrected chi connectivity index (χ1v) is 7.83. The van der Waals surface area contributed by atoms with Crippen molar-refractivity contribution < 1.29 is 0 Å². The molecule has 21 heavy (non-hydrogen) atoms. The molecule has 0 fully saturated rings. The fourth-order valence-electron chi connectivity index (χ4n) is 3.07. The molecule has 0 saturated carbocycles. The summed E-state index contributed by atoms with van der Waals surface area (Å²) < 4.78 is 0. The van der Waals surface area contributed by atoms with Gasteiger partial charge in [-0.1, -0.05) is 27.2 Å². The van der Waals surface area contributed by atoms with Gasteiger partial charge in [-0.15, -0.1) is 0 Å². The Kier molecular flexibility index (Phi) is 4.71. The van der Waals surface area contributed by atoms with Gasteiger partial charge in [0.15, 0.2) is 0 Å². The number of anilines is 1. The van der Waals surface area contributed by atoms with Crippen molar-refractivity contribution in [3.05, 3.63) is 40.3 Å². The Morgan fingerprint density at radius 1 is 1.24 bits per heavy atom. The number of nitrogens with two attached hydrogens (primary N) is 1. The summed E-state index contributed by atoms with van der Waals surface area (Å²) in [4.78, 5) is 14.6. The third-order valence-corrected chi connectivity index (χ3v) is 4.26. The highest BCUT2D eigenvalue weighted by molar-refractivity contribution is 5.85. The van der Waals surface area contributed by atoms with Gasteiger partial charge in [-0.05, 0) is 60.2 Å². The van der Waals surface area contributed by atoms with E-state index in [1.807, 2.05) is 18.2 Å². The molecule has 114 valence electrons. The van der Waals surface area contributed by atoms with Crippen LogP contribution in [-0.4, -0.2) is 4.98 Å². The van der Waals surface area contributed by atoms with Crippen molar-refractivity contribution in [2.75, 3.05) is 5.73 Å². The minimum Gasteiger partial charge on any atom is -0.398 e. The summed E-state index contributed by atoms with van der Waals surface area (Å²) in [6, 6.07) is 5.76. The Labute approximate surface area is 126 Å². The molecule has 0 radical (unpaired) electrons. The molecule has 1 aromatic heterocycles. The number of fused-ring (bicyclic) bond motifs is 1. The van der Waals surface area contributed by atoms with E-state index in [-0.39, 0.29) is 5.56 Å². The predicted molar refractivity (Wildman–Crippen MR) is 90.6 cm³/mol. The lowest BCUT2D eigenvalue weighted by Crippen LogP contribution is -2.11. The average Bonchev–Trinajstić information content (AvgIpc) is 2.40. The van der Waals surface area contributed by atoms with Crippen LogP contribution in [0.15, 0.2) is 29.2 Å². The van der Waals surface area contributed by atoms with Gasteiger partial charge in [0.25, 0.3) is 5.56 Å². The topological polar surface area (TPSA) is 58.9 Å². The van der Waals surface area contributed by atoms with Gasteiger partial charge in [0, 0.05) is 17.3 Å². The van der Waals surface area contributed by atoms with Crippen LogP contribution in [0.5, 0.6) is 0 Å². The summed E-state index contributed by atoms with van der Waals surface area (Å²) in [5.41, 5.74) is 8.36. The zero-order chi connectivity index (χ0) is 15.5. The molecule has 3 N–H and O–H groups in total. The van der Waals surface area contributed by atoms with Crippen LogP contribution < -0.4 is 11.3 Å². The summed E-state index contributed by atoms with van der Waals surface area (Å²) in [6.45, 7) is 6.88. The number of benzene rings is 1. The van der Waals surface area contributed by atoms with Crippen molar-refractivity contribution in [2.45, 2.75) is 52.9 Å². The molecule has 0 atom stereocenters. The van der Waals surface area contributed by atoms with Crippen molar-refractivity contribution in [1.82, 2.24) is 4.98 Å². The third kappa shape index (κ3) is 3.87. The van der Waals surface area contributed by atoms with Crippen molar-refractivity contribution in [2.24, 2.45) is 5.41 Å². The minimum absolute atomic E-state index is 0.0416. The molecule has 0 aliphatic carbocycles. The molecular formula is C18H26N2O. The number of rotatable bonds is 6. The predicted octanol–water partition coefficient (Wildman–Crippen LogP) is 4.26. The summed E-state index contributed by atoms with van der Waals surface area (Å²) in [7, 11) is 0. The van der Waals surface area contributed by atoms with E-state index in [2.05, 4.69) is 25.8 Å². The normalized spacial score (nSPS) is 12.0. The van der Waals surface area contributed by atoms with Crippen molar-refractivity contribution in [3.63, 3.8) is 0 Å². The molecular weight excluding hydrogens is 260 g/mol. The molecule has 1 heterocycles. The van der Waals surface area contributed by atoms with E-state index >= 15 is 0 Å². The van der Waals surface area contributed by atoms with Gasteiger partial charge in [0.2, 0.25) is 0 Å². The molecule has 0 spiro atoms. The molecule has 0 saturated heterocycles. The second kappa shape index (κ2) is 6.33. The molecule has 0 aliphatic heterocycles. The van der Waals surface area contributed by atoms with E-state index in [0.29, 0.717) is 5.41 Å². The lowest BCUT2D eigenvalue weighted by Gasteiger charge is -2.23. The van der Waals surface area contributed by atoms with Crippen LogP contribution in [0.1, 0.15) is 52.0 Å². The Balaban J connectivity index is 2.14. The highest BCUT2D eigenvalue weighted by Gasteiger charge is 2.16. The molecule has 2 aromatic rings. The van der Waals surface area contributed by atoms with Gasteiger partial charge in [-0.3, -0.25) is 4.79 Å². The third-order valence-electron chi connectivity index (χ3n) is 4.26. The zero-order valence-electron chi connectivity index (χ0n) is 13.3. The van der Waals surface area contributed by atoms with Gasteiger partial charge in [-0.25, -0.2) is 0 Å². The second-order valence-corrected chi connectivity index (χ2v) is 6.71. The zero-order valence-corrected chi connectivity index (χ0v) is 13.3. The molecule has 0 bridgehead atoms. The van der Waals surface area contributed by atoms with E-state index in [9.17, 15) is 4.79 Å². The molecule has 3 nitrogen and oxygen atoms in total. The van der Waals surface area contributed by atoms with Crippen LogP contribution in [0.3, 0.4) is 0 Å². The number of aryl methyl sites for hydroxylation is 1. The van der Waals surface area contributed by atoms with Gasteiger partial charge < -0.3 is 10.7 Å². The Hall–Kier alpha value is -1.77. The monoisotopic (exact) mass is 286 g/mol. The van der Waals surface area contributed by atoms with Crippen molar-refractivity contribution in [1.29, 1.82) is 0 Å². The number of H-pyrrole nitrogens is 1. The Bertz CT molecular complexity index is 670. The molecule has 3 heteroatoms. The van der Waals surface area contributed by atoms with Crippen LogP contribution in [-0.2, 0) is 6.42 Å². The maximum atomic E-state index is 11.9. The first-order valence-electron chi connectivity index (χ1n) is 7.83. The maximum Gasteiger partial charge on any atom is 0.255 e. The lowest BCUT2D eigenvalue weighted by atomic mass is 9.82. The average molecular weight is 286 g/mol. The first-order chi connectivity index (χ1) is 9.93. The maximum absolute atomic E-state index is 11.9.